The average Bonchev–Trinajstić information content (AvgIpc) is 3.69. The summed E-state index contributed by atoms with van der Waals surface area (Å²) in [5.41, 5.74) is 5.70. The Hall–Kier alpha value is -3.63. The molecule has 39 heavy (non-hydrogen) atoms. The zero-order valence-electron chi connectivity index (χ0n) is 23.1. The van der Waals surface area contributed by atoms with Crippen LogP contribution in [0.4, 0.5) is 0 Å². The maximum Gasteiger partial charge on any atom is 0.212 e. The second-order valence-corrected chi connectivity index (χ2v) is 12.9. The molecule has 0 saturated heterocycles. The summed E-state index contributed by atoms with van der Waals surface area (Å²) in [6, 6.07) is 45.0. The third-order valence-corrected chi connectivity index (χ3v) is 10.8. The summed E-state index contributed by atoms with van der Waals surface area (Å²) in [6.45, 7) is 2.89. The van der Waals surface area contributed by atoms with E-state index in [2.05, 4.69) is 144 Å². The van der Waals surface area contributed by atoms with Crippen molar-refractivity contribution in [2.45, 2.75) is 49.6 Å². The van der Waals surface area contributed by atoms with Crippen molar-refractivity contribution < 1.29 is 0 Å². The summed E-state index contributed by atoms with van der Waals surface area (Å²) in [5, 5.41) is -0.0474. The van der Waals surface area contributed by atoms with Crippen LogP contribution in [0.25, 0.3) is 0 Å². The molecule has 1 saturated carbocycles. The Bertz CT molecular complexity index is 1280. The fourth-order valence-electron chi connectivity index (χ4n) is 5.91. The molecule has 0 bridgehead atoms. The molecule has 1 aromatic heterocycles. The molecule has 0 spiro atoms. The van der Waals surface area contributed by atoms with Crippen molar-refractivity contribution in [2.75, 3.05) is 0 Å². The number of imidazole rings is 1. The van der Waals surface area contributed by atoms with Crippen molar-refractivity contribution >= 4 is 27.2 Å². The van der Waals surface area contributed by atoms with Crippen molar-refractivity contribution in [2.24, 2.45) is 0 Å². The van der Waals surface area contributed by atoms with E-state index in [9.17, 15) is 0 Å². The minimum absolute atomic E-state index is 0.0474. The molecule has 1 aliphatic rings. The molecule has 4 aromatic carbocycles. The number of aromatic nitrogens is 2. The van der Waals surface area contributed by atoms with Crippen LogP contribution in [-0.2, 0) is 5.16 Å². The van der Waals surface area contributed by atoms with Gasteiger partial charge in [-0.3, -0.25) is 0 Å². The van der Waals surface area contributed by atoms with E-state index in [-0.39, 0.29) is 5.16 Å². The predicted molar refractivity (Wildman–Crippen MR) is 170 cm³/mol. The molecule has 6 rings (SSSR count). The molecule has 4 heteroatoms. The van der Waals surface area contributed by atoms with Gasteiger partial charge in [0.15, 0.2) is 0 Å². The molecular formula is C35H39BN2Si. The van der Waals surface area contributed by atoms with E-state index in [1.165, 1.54) is 53.8 Å². The van der Waals surface area contributed by atoms with Crippen LogP contribution in [-0.4, -0.2) is 25.8 Å². The highest BCUT2D eigenvalue weighted by Crippen LogP contribution is 2.38. The molecule has 0 radical (unpaired) electrons. The predicted octanol–water partition coefficient (Wildman–Crippen LogP) is 6.48. The summed E-state index contributed by atoms with van der Waals surface area (Å²) in [7, 11) is -0.435. The lowest BCUT2D eigenvalue weighted by Gasteiger charge is -2.37. The Balaban J connectivity index is 0.000000168. The van der Waals surface area contributed by atoms with Crippen LogP contribution in [0.3, 0.4) is 0 Å². The van der Waals surface area contributed by atoms with Gasteiger partial charge in [0.2, 0.25) is 6.71 Å². The van der Waals surface area contributed by atoms with Gasteiger partial charge in [-0.05, 0) is 11.1 Å². The van der Waals surface area contributed by atoms with E-state index in [4.69, 9.17) is 0 Å². The van der Waals surface area contributed by atoms with Crippen LogP contribution in [0, 0.1) is 0 Å². The first-order valence-corrected chi connectivity index (χ1v) is 16.2. The van der Waals surface area contributed by atoms with Gasteiger partial charge in [0.25, 0.3) is 0 Å². The van der Waals surface area contributed by atoms with Crippen molar-refractivity contribution in [3.8, 4) is 0 Å². The maximum atomic E-state index is 4.35. The van der Waals surface area contributed by atoms with Crippen LogP contribution in [0.5, 0.6) is 0 Å². The van der Waals surface area contributed by atoms with E-state index in [0.29, 0.717) is 6.71 Å². The molecule has 2 nitrogen and oxygen atoms in total. The van der Waals surface area contributed by atoms with Gasteiger partial charge < -0.3 is 4.57 Å². The van der Waals surface area contributed by atoms with Crippen molar-refractivity contribution in [1.82, 2.24) is 9.55 Å². The van der Waals surface area contributed by atoms with Crippen LogP contribution < -0.4 is 10.9 Å². The summed E-state index contributed by atoms with van der Waals surface area (Å²) >= 11 is 0. The normalized spacial score (nSPS) is 13.2. The van der Waals surface area contributed by atoms with E-state index in [1.54, 1.807) is 0 Å². The third kappa shape index (κ3) is 6.51. The van der Waals surface area contributed by atoms with E-state index in [1.807, 2.05) is 12.5 Å². The molecule has 0 aliphatic heterocycles. The summed E-state index contributed by atoms with van der Waals surface area (Å²) < 4.78 is 2.33. The number of nitrogens with zero attached hydrogens (tertiary/aromatic N) is 2. The van der Waals surface area contributed by atoms with Gasteiger partial charge in [0, 0.05) is 12.4 Å². The van der Waals surface area contributed by atoms with Gasteiger partial charge in [0.1, 0.15) is 0 Å². The largest absolute Gasteiger partial charge is 0.327 e. The number of rotatable bonds is 10. The fraction of sp³-hybridized carbons (Fsp3) is 0.229. The highest BCUT2D eigenvalue weighted by Gasteiger charge is 2.36. The Morgan fingerprint density at radius 3 is 1.64 bits per heavy atom. The lowest BCUT2D eigenvalue weighted by molar-refractivity contribution is 0.588. The fourth-order valence-corrected chi connectivity index (χ4v) is 8.67. The van der Waals surface area contributed by atoms with E-state index in [0.717, 1.165) is 5.82 Å². The lowest BCUT2D eigenvalue weighted by Crippen LogP contribution is -2.42. The van der Waals surface area contributed by atoms with Crippen molar-refractivity contribution in [3.05, 3.63) is 151 Å². The Kier molecular flexibility index (Phi) is 9.29. The maximum absolute atomic E-state index is 4.35. The van der Waals surface area contributed by atoms with Crippen LogP contribution in [0.1, 0.15) is 43.7 Å². The van der Waals surface area contributed by atoms with E-state index >= 15 is 0 Å². The quantitative estimate of drug-likeness (QED) is 0.151. The highest BCUT2D eigenvalue weighted by atomic mass is 28.2. The third-order valence-electron chi connectivity index (χ3n) is 8.00. The number of benzene rings is 4. The Morgan fingerprint density at radius 2 is 1.23 bits per heavy atom. The number of unbranched alkanes of at least 4 members (excludes halogenated alkanes) is 1. The standard InChI is InChI=1S/C20H24N2Si.C15H15B/c1-2-3-16-23-20(22-15-14-21-17-22,18-10-6-4-7-11-18)19-12-8-5-9-13-19;1-3-7-13(8-4-1)16(15-11-12-15)14-9-5-2-6-10-14/h4-15,17H,2-3,16,23H2,1H3;1-10,15H,11-12H2. The molecule has 196 valence electrons. The second kappa shape index (κ2) is 13.4. The minimum atomic E-state index is -0.435. The summed E-state index contributed by atoms with van der Waals surface area (Å²) in [4.78, 5) is 4.35. The van der Waals surface area contributed by atoms with Gasteiger partial charge in [0.05, 0.1) is 21.0 Å². The van der Waals surface area contributed by atoms with Crippen molar-refractivity contribution in [3.63, 3.8) is 0 Å². The lowest BCUT2D eigenvalue weighted by atomic mass is 9.37. The Morgan fingerprint density at radius 1 is 0.744 bits per heavy atom. The minimum Gasteiger partial charge on any atom is -0.327 e. The molecule has 0 amide bonds. The number of hydrogen-bond acceptors (Lipinski definition) is 1. The molecule has 1 heterocycles. The topological polar surface area (TPSA) is 17.8 Å². The molecule has 0 N–H and O–H groups in total. The number of hydrogen-bond donors (Lipinski definition) is 0. The first-order valence-electron chi connectivity index (χ1n) is 14.5. The zero-order chi connectivity index (χ0) is 26.8. The molecule has 1 aliphatic carbocycles. The highest BCUT2D eigenvalue weighted by molar-refractivity contribution is 6.86. The van der Waals surface area contributed by atoms with Crippen molar-refractivity contribution in [1.29, 1.82) is 0 Å². The molecular weight excluding hydrogens is 487 g/mol. The molecule has 0 unspecified atom stereocenters. The molecule has 1 fully saturated rings. The summed E-state index contributed by atoms with van der Waals surface area (Å²) in [5.74, 6) is 0.866. The van der Waals surface area contributed by atoms with Crippen LogP contribution in [0.15, 0.2) is 140 Å². The average molecular weight is 527 g/mol. The van der Waals surface area contributed by atoms with Crippen LogP contribution in [0.2, 0.25) is 11.9 Å². The zero-order valence-corrected chi connectivity index (χ0v) is 24.5. The van der Waals surface area contributed by atoms with Gasteiger partial charge in [-0.2, -0.15) is 0 Å². The monoisotopic (exact) mass is 526 g/mol. The Labute approximate surface area is 237 Å². The summed E-state index contributed by atoms with van der Waals surface area (Å²) in [6.07, 6.45) is 11.3. The van der Waals surface area contributed by atoms with E-state index < -0.39 is 9.52 Å². The van der Waals surface area contributed by atoms with Gasteiger partial charge in [-0.1, -0.05) is 177 Å². The first kappa shape index (κ1) is 27.0. The smallest absolute Gasteiger partial charge is 0.212 e. The molecule has 5 aromatic rings. The van der Waals surface area contributed by atoms with Gasteiger partial charge in [-0.25, -0.2) is 4.98 Å². The van der Waals surface area contributed by atoms with Gasteiger partial charge >= 0.3 is 0 Å². The van der Waals surface area contributed by atoms with Crippen LogP contribution >= 0.6 is 0 Å². The SMILES string of the molecule is CCCC[SiH2]C(c1ccccc1)(c1ccccc1)n1ccnc1.c1ccc(B(c2ccccc2)C2CC2)cc1. The second-order valence-electron chi connectivity index (χ2n) is 10.7. The van der Waals surface area contributed by atoms with Gasteiger partial charge in [-0.15, -0.1) is 0 Å². The first-order chi connectivity index (χ1) is 19.3. The molecule has 0 atom stereocenters.